The Hall–Kier alpha value is -1.08. The van der Waals surface area contributed by atoms with Gasteiger partial charge in [0.05, 0.1) is 17.6 Å². The number of aromatic nitrogens is 1. The van der Waals surface area contributed by atoms with E-state index in [-0.39, 0.29) is 5.69 Å². The average molecular weight is 288 g/mol. The van der Waals surface area contributed by atoms with E-state index >= 15 is 0 Å². The summed E-state index contributed by atoms with van der Waals surface area (Å²) in [6.07, 6.45) is 1.43. The zero-order valence-corrected chi connectivity index (χ0v) is 12.4. The summed E-state index contributed by atoms with van der Waals surface area (Å²) in [6.45, 7) is 7.57. The van der Waals surface area contributed by atoms with Gasteiger partial charge in [-0.25, -0.2) is 14.0 Å². The first-order valence-corrected chi connectivity index (χ1v) is 7.42. The smallest absolute Gasteiger partial charge is 0.357 e. The zero-order chi connectivity index (χ0) is 13.8. The summed E-state index contributed by atoms with van der Waals surface area (Å²) in [4.78, 5) is 15.4. The molecule has 0 aliphatic carbocycles. The largest absolute Gasteiger partial charge is 0.461 e. The molecule has 0 N–H and O–H groups in total. The summed E-state index contributed by atoms with van der Waals surface area (Å²) in [5, 5.41) is 2.13. The molecule has 0 aliphatic heterocycles. The van der Waals surface area contributed by atoms with Gasteiger partial charge in [-0.3, -0.25) is 0 Å². The standard InChI is InChI=1S/C11H16N2O3S2/c1-5-16-10(14)8-7-17-9(13-8)6-12-18(15)11(2,3)4/h6-7H,5H2,1-4H3/b12-6+/t18-/m0/s1. The first kappa shape index (κ1) is 15.0. The van der Waals surface area contributed by atoms with Crippen LogP contribution in [0.2, 0.25) is 0 Å². The Morgan fingerprint density at radius 2 is 2.28 bits per heavy atom. The number of rotatable bonds is 4. The number of carbonyl (C=O) groups excluding carboxylic acids is 1. The fraction of sp³-hybridized carbons (Fsp3) is 0.545. The van der Waals surface area contributed by atoms with E-state index in [0.717, 1.165) is 0 Å². The van der Waals surface area contributed by atoms with Gasteiger partial charge in [0, 0.05) is 5.38 Å². The van der Waals surface area contributed by atoms with Gasteiger partial charge in [-0.05, 0) is 27.7 Å². The van der Waals surface area contributed by atoms with Crippen LogP contribution in [0.5, 0.6) is 0 Å². The van der Waals surface area contributed by atoms with Crippen molar-refractivity contribution in [2.24, 2.45) is 4.40 Å². The lowest BCUT2D eigenvalue weighted by Crippen LogP contribution is -2.19. The molecule has 0 spiro atoms. The van der Waals surface area contributed by atoms with Crippen LogP contribution < -0.4 is 0 Å². The summed E-state index contributed by atoms with van der Waals surface area (Å²) in [7, 11) is -1.32. The molecule has 1 heterocycles. The van der Waals surface area contributed by atoms with Gasteiger partial charge in [0.2, 0.25) is 0 Å². The van der Waals surface area contributed by atoms with Gasteiger partial charge in [-0.2, -0.15) is 4.40 Å². The third-order valence-corrected chi connectivity index (χ3v) is 3.91. The highest BCUT2D eigenvalue weighted by molar-refractivity contribution is 7.85. The molecule has 0 radical (unpaired) electrons. The molecule has 1 atom stereocenters. The van der Waals surface area contributed by atoms with Crippen molar-refractivity contribution in [2.45, 2.75) is 32.4 Å². The van der Waals surface area contributed by atoms with Crippen molar-refractivity contribution >= 4 is 34.5 Å². The van der Waals surface area contributed by atoms with Crippen molar-refractivity contribution in [3.05, 3.63) is 16.1 Å². The quantitative estimate of drug-likeness (QED) is 0.629. The topological polar surface area (TPSA) is 68.6 Å². The summed E-state index contributed by atoms with van der Waals surface area (Å²) >= 11 is 1.26. The highest BCUT2D eigenvalue weighted by Gasteiger charge is 2.18. The van der Waals surface area contributed by atoms with Crippen molar-refractivity contribution in [1.82, 2.24) is 4.98 Å². The fourth-order valence-corrected chi connectivity index (χ4v) is 2.12. The average Bonchev–Trinajstić information content (AvgIpc) is 2.73. The van der Waals surface area contributed by atoms with Crippen LogP contribution in [0.4, 0.5) is 0 Å². The normalized spacial score (nSPS) is 13.8. The molecule has 1 aromatic heterocycles. The Morgan fingerprint density at radius 1 is 1.61 bits per heavy atom. The fourth-order valence-electron chi connectivity index (χ4n) is 0.897. The third kappa shape index (κ3) is 4.30. The van der Waals surface area contributed by atoms with Crippen LogP contribution in [0.25, 0.3) is 0 Å². The van der Waals surface area contributed by atoms with Crippen LogP contribution in [0, 0.1) is 0 Å². The minimum atomic E-state index is -1.32. The van der Waals surface area contributed by atoms with E-state index in [4.69, 9.17) is 4.74 Å². The number of hydrogen-bond donors (Lipinski definition) is 0. The summed E-state index contributed by atoms with van der Waals surface area (Å²) < 4.78 is 20.0. The van der Waals surface area contributed by atoms with Crippen LogP contribution in [-0.2, 0) is 15.7 Å². The maximum absolute atomic E-state index is 11.7. The molecule has 0 unspecified atom stereocenters. The number of thiazole rings is 1. The van der Waals surface area contributed by atoms with Crippen LogP contribution in [0.15, 0.2) is 9.78 Å². The number of ether oxygens (including phenoxy) is 1. The Kier molecular flexibility index (Phi) is 5.15. The molecular weight excluding hydrogens is 272 g/mol. The maximum atomic E-state index is 11.7. The van der Waals surface area contributed by atoms with Crippen LogP contribution in [0.1, 0.15) is 43.2 Å². The Morgan fingerprint density at radius 3 is 2.83 bits per heavy atom. The number of carbonyl (C=O) groups is 1. The maximum Gasteiger partial charge on any atom is 0.357 e. The minimum absolute atomic E-state index is 0.254. The first-order chi connectivity index (χ1) is 8.34. The zero-order valence-electron chi connectivity index (χ0n) is 10.8. The molecule has 0 aromatic carbocycles. The summed E-state index contributed by atoms with van der Waals surface area (Å²) in [5.41, 5.74) is 0.254. The third-order valence-electron chi connectivity index (χ3n) is 1.79. The van der Waals surface area contributed by atoms with Crippen molar-refractivity contribution < 1.29 is 13.7 Å². The van der Waals surface area contributed by atoms with Gasteiger partial charge >= 0.3 is 5.97 Å². The minimum Gasteiger partial charge on any atom is -0.461 e. The lowest BCUT2D eigenvalue weighted by Gasteiger charge is -2.12. The molecule has 0 aliphatic rings. The summed E-state index contributed by atoms with van der Waals surface area (Å²) in [5.74, 6) is -0.453. The van der Waals surface area contributed by atoms with Crippen LogP contribution in [0.3, 0.4) is 0 Å². The van der Waals surface area contributed by atoms with Crippen molar-refractivity contribution in [3.63, 3.8) is 0 Å². The lowest BCUT2D eigenvalue weighted by molar-refractivity contribution is 0.0520. The van der Waals surface area contributed by atoms with Gasteiger partial charge in [0.25, 0.3) is 0 Å². The number of nitrogens with zero attached hydrogens (tertiary/aromatic N) is 2. The first-order valence-electron chi connectivity index (χ1n) is 5.43. The molecule has 18 heavy (non-hydrogen) atoms. The predicted molar refractivity (Wildman–Crippen MR) is 73.6 cm³/mol. The monoisotopic (exact) mass is 288 g/mol. The van der Waals surface area contributed by atoms with Gasteiger partial charge < -0.3 is 4.74 Å². The van der Waals surface area contributed by atoms with E-state index in [1.54, 1.807) is 12.3 Å². The molecule has 0 saturated carbocycles. The number of esters is 1. The van der Waals surface area contributed by atoms with Gasteiger partial charge in [-0.1, -0.05) is 0 Å². The van der Waals surface area contributed by atoms with Crippen LogP contribution in [-0.4, -0.2) is 32.7 Å². The second kappa shape index (κ2) is 6.19. The van der Waals surface area contributed by atoms with Crippen molar-refractivity contribution in [2.75, 3.05) is 6.61 Å². The van der Waals surface area contributed by atoms with E-state index in [1.807, 2.05) is 20.8 Å². The molecule has 100 valence electrons. The second-order valence-electron chi connectivity index (χ2n) is 4.39. The number of hydrogen-bond acceptors (Lipinski definition) is 5. The molecule has 0 amide bonds. The van der Waals surface area contributed by atoms with Gasteiger partial charge in [-0.15, -0.1) is 11.3 Å². The van der Waals surface area contributed by atoms with E-state index in [9.17, 15) is 9.00 Å². The molecule has 7 heteroatoms. The van der Waals surface area contributed by atoms with E-state index in [1.165, 1.54) is 17.6 Å². The molecule has 5 nitrogen and oxygen atoms in total. The molecule has 1 rings (SSSR count). The van der Waals surface area contributed by atoms with Crippen molar-refractivity contribution in [3.8, 4) is 0 Å². The molecule has 0 saturated heterocycles. The molecule has 1 aromatic rings. The SMILES string of the molecule is CCOC(=O)c1csc(/C=N/[S@@](=O)C(C)(C)C)n1. The Bertz CT molecular complexity index is 475. The van der Waals surface area contributed by atoms with Crippen LogP contribution >= 0.6 is 11.3 Å². The van der Waals surface area contributed by atoms with E-state index in [2.05, 4.69) is 9.38 Å². The van der Waals surface area contributed by atoms with E-state index in [0.29, 0.717) is 11.6 Å². The Labute approximate surface area is 113 Å². The lowest BCUT2D eigenvalue weighted by atomic mass is 10.3. The van der Waals surface area contributed by atoms with Gasteiger partial charge in [0.1, 0.15) is 16.0 Å². The second-order valence-corrected chi connectivity index (χ2v) is 7.21. The Balaban J connectivity index is 2.73. The van der Waals surface area contributed by atoms with Gasteiger partial charge in [0.15, 0.2) is 5.69 Å². The molecule has 0 bridgehead atoms. The summed E-state index contributed by atoms with van der Waals surface area (Å²) in [6, 6.07) is 0. The molecule has 0 fully saturated rings. The molecular formula is C11H16N2O3S2. The van der Waals surface area contributed by atoms with E-state index < -0.39 is 21.7 Å². The predicted octanol–water partition coefficient (Wildman–Crippen LogP) is 2.20. The highest BCUT2D eigenvalue weighted by Crippen LogP contribution is 2.13. The highest BCUT2D eigenvalue weighted by atomic mass is 32.2. The van der Waals surface area contributed by atoms with Crippen molar-refractivity contribution in [1.29, 1.82) is 0 Å².